The molecule has 0 fully saturated rings. The second kappa shape index (κ2) is 7.25. The van der Waals surface area contributed by atoms with Crippen LogP contribution in [0.5, 0.6) is 11.5 Å². The molecule has 1 aliphatic heterocycles. The van der Waals surface area contributed by atoms with E-state index in [9.17, 15) is 9.59 Å². The molecule has 0 unspecified atom stereocenters. The van der Waals surface area contributed by atoms with Crippen LogP contribution in [-0.2, 0) is 17.8 Å². The van der Waals surface area contributed by atoms with Crippen molar-refractivity contribution >= 4 is 17.5 Å². The van der Waals surface area contributed by atoms with E-state index in [2.05, 4.69) is 10.6 Å². The van der Waals surface area contributed by atoms with Crippen LogP contribution in [0.1, 0.15) is 27.9 Å². The van der Waals surface area contributed by atoms with E-state index in [4.69, 9.17) is 9.47 Å². The summed E-state index contributed by atoms with van der Waals surface area (Å²) in [4.78, 5) is 24.2. The van der Waals surface area contributed by atoms with Gasteiger partial charge in [0.15, 0.2) is 11.5 Å². The molecule has 0 radical (unpaired) electrons. The predicted molar refractivity (Wildman–Crippen MR) is 94.1 cm³/mol. The maximum atomic E-state index is 12.3. The fourth-order valence-corrected chi connectivity index (χ4v) is 2.89. The summed E-state index contributed by atoms with van der Waals surface area (Å²) in [6, 6.07) is 11.1. The van der Waals surface area contributed by atoms with Gasteiger partial charge >= 0.3 is 0 Å². The SMILES string of the molecule is COc1ccc(CCC(=O)Nc2cccc3c2C(=O)NC3)cc1OC. The Bertz CT molecular complexity index is 817. The Morgan fingerprint density at radius 2 is 1.96 bits per heavy atom. The minimum Gasteiger partial charge on any atom is -0.493 e. The molecule has 0 spiro atoms. The molecule has 25 heavy (non-hydrogen) atoms. The van der Waals surface area contributed by atoms with Crippen LogP contribution in [0.25, 0.3) is 0 Å². The smallest absolute Gasteiger partial charge is 0.254 e. The molecule has 2 N–H and O–H groups in total. The van der Waals surface area contributed by atoms with Gasteiger partial charge in [-0.2, -0.15) is 0 Å². The number of aryl methyl sites for hydroxylation is 1. The minimum atomic E-state index is -0.147. The molecule has 2 aromatic carbocycles. The molecular weight excluding hydrogens is 320 g/mol. The second-order valence-electron chi connectivity index (χ2n) is 5.76. The van der Waals surface area contributed by atoms with Gasteiger partial charge in [0.25, 0.3) is 5.91 Å². The van der Waals surface area contributed by atoms with Gasteiger partial charge in [0.05, 0.1) is 25.5 Å². The molecule has 6 heteroatoms. The average molecular weight is 340 g/mol. The Morgan fingerprint density at radius 3 is 2.72 bits per heavy atom. The van der Waals surface area contributed by atoms with Crippen LogP contribution in [0.2, 0.25) is 0 Å². The van der Waals surface area contributed by atoms with Crippen molar-refractivity contribution in [2.75, 3.05) is 19.5 Å². The van der Waals surface area contributed by atoms with E-state index in [1.807, 2.05) is 30.3 Å². The molecule has 1 aliphatic rings. The van der Waals surface area contributed by atoms with Crippen LogP contribution in [-0.4, -0.2) is 26.0 Å². The van der Waals surface area contributed by atoms with Gasteiger partial charge < -0.3 is 20.1 Å². The van der Waals surface area contributed by atoms with E-state index in [-0.39, 0.29) is 11.8 Å². The predicted octanol–water partition coefficient (Wildman–Crippen LogP) is 2.52. The fraction of sp³-hybridized carbons (Fsp3) is 0.263. The third kappa shape index (κ3) is 3.57. The number of rotatable bonds is 6. The second-order valence-corrected chi connectivity index (χ2v) is 5.76. The summed E-state index contributed by atoms with van der Waals surface area (Å²) in [5, 5.41) is 5.60. The highest BCUT2D eigenvalue weighted by atomic mass is 16.5. The number of fused-ring (bicyclic) bond motifs is 1. The van der Waals surface area contributed by atoms with E-state index in [0.717, 1.165) is 11.1 Å². The molecule has 0 aliphatic carbocycles. The first-order valence-corrected chi connectivity index (χ1v) is 8.03. The number of hydrogen-bond acceptors (Lipinski definition) is 4. The first-order chi connectivity index (χ1) is 12.1. The van der Waals surface area contributed by atoms with Crippen molar-refractivity contribution in [1.82, 2.24) is 5.32 Å². The maximum Gasteiger partial charge on any atom is 0.254 e. The van der Waals surface area contributed by atoms with Gasteiger partial charge in [-0.25, -0.2) is 0 Å². The van der Waals surface area contributed by atoms with Gasteiger partial charge in [0, 0.05) is 13.0 Å². The van der Waals surface area contributed by atoms with Crippen molar-refractivity contribution in [2.45, 2.75) is 19.4 Å². The Morgan fingerprint density at radius 1 is 1.16 bits per heavy atom. The number of carbonyl (C=O) groups is 2. The highest BCUT2D eigenvalue weighted by Gasteiger charge is 2.22. The number of amides is 2. The van der Waals surface area contributed by atoms with Crippen LogP contribution >= 0.6 is 0 Å². The molecule has 130 valence electrons. The lowest BCUT2D eigenvalue weighted by Crippen LogP contribution is -2.17. The number of methoxy groups -OCH3 is 2. The monoisotopic (exact) mass is 340 g/mol. The van der Waals surface area contributed by atoms with Gasteiger partial charge in [0.1, 0.15) is 0 Å². The zero-order valence-corrected chi connectivity index (χ0v) is 14.2. The van der Waals surface area contributed by atoms with Crippen molar-refractivity contribution in [1.29, 1.82) is 0 Å². The molecule has 2 aromatic rings. The molecular formula is C19H20N2O4. The molecule has 0 aromatic heterocycles. The lowest BCUT2D eigenvalue weighted by atomic mass is 10.1. The Balaban J connectivity index is 1.65. The topological polar surface area (TPSA) is 76.7 Å². The highest BCUT2D eigenvalue weighted by molar-refractivity contribution is 6.06. The number of benzene rings is 2. The van der Waals surface area contributed by atoms with E-state index in [1.54, 1.807) is 20.3 Å². The molecule has 0 bridgehead atoms. The third-order valence-electron chi connectivity index (χ3n) is 4.18. The summed E-state index contributed by atoms with van der Waals surface area (Å²) in [7, 11) is 3.16. The normalized spacial score (nSPS) is 12.3. The summed E-state index contributed by atoms with van der Waals surface area (Å²) in [6.07, 6.45) is 0.869. The number of ether oxygens (including phenoxy) is 2. The summed E-state index contributed by atoms with van der Waals surface area (Å²) in [5.74, 6) is 1.01. The van der Waals surface area contributed by atoms with Crippen LogP contribution in [0.15, 0.2) is 36.4 Å². The lowest BCUT2D eigenvalue weighted by molar-refractivity contribution is -0.116. The number of carbonyl (C=O) groups excluding carboxylic acids is 2. The van der Waals surface area contributed by atoms with Crippen molar-refractivity contribution in [3.8, 4) is 11.5 Å². The van der Waals surface area contributed by atoms with E-state index in [0.29, 0.717) is 42.1 Å². The Labute approximate surface area is 146 Å². The molecule has 1 heterocycles. The van der Waals surface area contributed by atoms with Crippen molar-refractivity contribution in [3.05, 3.63) is 53.1 Å². The third-order valence-corrected chi connectivity index (χ3v) is 4.18. The maximum absolute atomic E-state index is 12.3. The van der Waals surface area contributed by atoms with Crippen LogP contribution < -0.4 is 20.1 Å². The van der Waals surface area contributed by atoms with Crippen molar-refractivity contribution < 1.29 is 19.1 Å². The van der Waals surface area contributed by atoms with Gasteiger partial charge in [0.2, 0.25) is 5.91 Å². The lowest BCUT2D eigenvalue weighted by Gasteiger charge is -2.11. The number of nitrogens with one attached hydrogen (secondary N) is 2. The van der Waals surface area contributed by atoms with Gasteiger partial charge in [-0.05, 0) is 35.7 Å². The highest BCUT2D eigenvalue weighted by Crippen LogP contribution is 2.28. The largest absolute Gasteiger partial charge is 0.493 e. The summed E-state index contributed by atoms with van der Waals surface area (Å²) < 4.78 is 10.5. The first kappa shape index (κ1) is 16.8. The fourth-order valence-electron chi connectivity index (χ4n) is 2.89. The number of anilines is 1. The van der Waals surface area contributed by atoms with Crippen molar-refractivity contribution in [2.24, 2.45) is 0 Å². The van der Waals surface area contributed by atoms with E-state index >= 15 is 0 Å². The van der Waals surface area contributed by atoms with Crippen LogP contribution in [0, 0.1) is 0 Å². The van der Waals surface area contributed by atoms with Gasteiger partial charge in [-0.15, -0.1) is 0 Å². The quantitative estimate of drug-likeness (QED) is 0.847. The van der Waals surface area contributed by atoms with E-state index < -0.39 is 0 Å². The van der Waals surface area contributed by atoms with Crippen LogP contribution in [0.4, 0.5) is 5.69 Å². The molecule has 3 rings (SSSR count). The zero-order chi connectivity index (χ0) is 17.8. The Hall–Kier alpha value is -3.02. The first-order valence-electron chi connectivity index (χ1n) is 8.03. The molecule has 2 amide bonds. The van der Waals surface area contributed by atoms with Gasteiger partial charge in [-0.1, -0.05) is 18.2 Å². The number of hydrogen-bond donors (Lipinski definition) is 2. The standard InChI is InChI=1S/C19H20N2O4/c1-24-15-8-6-12(10-16(15)25-2)7-9-17(22)21-14-5-3-4-13-11-20-19(23)18(13)14/h3-6,8,10H,7,9,11H2,1-2H3,(H,20,23)(H,21,22). The summed E-state index contributed by atoms with van der Waals surface area (Å²) in [5.41, 5.74) is 3.00. The molecule has 0 saturated heterocycles. The molecule has 0 atom stereocenters. The average Bonchev–Trinajstić information content (AvgIpc) is 3.02. The van der Waals surface area contributed by atoms with Gasteiger partial charge in [-0.3, -0.25) is 9.59 Å². The van der Waals surface area contributed by atoms with Crippen molar-refractivity contribution in [3.63, 3.8) is 0 Å². The molecule has 6 nitrogen and oxygen atoms in total. The van der Waals surface area contributed by atoms with E-state index in [1.165, 1.54) is 0 Å². The zero-order valence-electron chi connectivity index (χ0n) is 14.2. The molecule has 0 saturated carbocycles. The summed E-state index contributed by atoms with van der Waals surface area (Å²) in [6.45, 7) is 0.503. The van der Waals surface area contributed by atoms with Crippen LogP contribution in [0.3, 0.4) is 0 Å². The summed E-state index contributed by atoms with van der Waals surface area (Å²) >= 11 is 0. The minimum absolute atomic E-state index is 0.136. The Kier molecular flexibility index (Phi) is 4.88.